The van der Waals surface area contributed by atoms with E-state index < -0.39 is 5.60 Å². The van der Waals surface area contributed by atoms with Crippen LogP contribution in [-0.2, 0) is 23.4 Å². The van der Waals surface area contributed by atoms with Crippen molar-refractivity contribution in [2.45, 2.75) is 38.4 Å². The zero-order valence-electron chi connectivity index (χ0n) is 21.3. The summed E-state index contributed by atoms with van der Waals surface area (Å²) in [7, 11) is 0. The summed E-state index contributed by atoms with van der Waals surface area (Å²) in [5.41, 5.74) is 6.80. The topological polar surface area (TPSA) is 52.0 Å². The Labute approximate surface area is 218 Å². The van der Waals surface area contributed by atoms with E-state index in [0.717, 1.165) is 55.6 Å². The van der Waals surface area contributed by atoms with Gasteiger partial charge in [-0.3, -0.25) is 4.90 Å². The number of nitrogens with zero attached hydrogens (tertiary/aromatic N) is 2. The van der Waals surface area contributed by atoms with Gasteiger partial charge in [-0.15, -0.1) is 6.58 Å². The summed E-state index contributed by atoms with van der Waals surface area (Å²) in [6, 6.07) is 21.1. The molecule has 2 heterocycles. The molecule has 37 heavy (non-hydrogen) atoms. The van der Waals surface area contributed by atoms with E-state index in [4.69, 9.17) is 4.74 Å². The Bertz CT molecular complexity index is 1450. The van der Waals surface area contributed by atoms with E-state index in [2.05, 4.69) is 53.9 Å². The van der Waals surface area contributed by atoms with Gasteiger partial charge >= 0.3 is 0 Å². The van der Waals surface area contributed by atoms with Crippen LogP contribution in [0.25, 0.3) is 10.9 Å². The van der Waals surface area contributed by atoms with Crippen LogP contribution in [0, 0.1) is 24.1 Å². The first kappa shape index (κ1) is 25.0. The third-order valence-corrected chi connectivity index (χ3v) is 7.46. The number of aromatic amines is 1. The summed E-state index contributed by atoms with van der Waals surface area (Å²) in [6.07, 6.45) is 6.70. The molecular weight excluding hydrogens is 461 g/mol. The van der Waals surface area contributed by atoms with Crippen molar-refractivity contribution in [1.29, 1.82) is 5.26 Å². The van der Waals surface area contributed by atoms with Crippen LogP contribution in [0.4, 0.5) is 4.39 Å². The predicted octanol–water partition coefficient (Wildman–Crippen LogP) is 6.77. The smallest absolute Gasteiger partial charge is 0.123 e. The lowest BCUT2D eigenvalue weighted by Gasteiger charge is -2.32. The van der Waals surface area contributed by atoms with Crippen LogP contribution in [0.1, 0.15) is 46.2 Å². The van der Waals surface area contributed by atoms with E-state index in [1.807, 2.05) is 36.4 Å². The molecule has 0 fully saturated rings. The standard InChI is InChI=1S/C32H32FN3O/c1-3-15-36(17-13-25-21-35-31-12-5-23(2)18-29(25)31)16-4-14-32(27-7-9-28(33)10-8-27)30-11-6-24(20-34)19-26(30)22-37-32/h3,5-12,18-19,21,35H,1,4,13-17,22H2,2H3. The molecule has 1 unspecified atom stereocenters. The molecule has 0 saturated heterocycles. The molecule has 1 aromatic heterocycles. The predicted molar refractivity (Wildman–Crippen MR) is 146 cm³/mol. The third kappa shape index (κ3) is 5.09. The summed E-state index contributed by atoms with van der Waals surface area (Å²) in [5, 5.41) is 10.6. The van der Waals surface area contributed by atoms with Gasteiger partial charge in [0, 0.05) is 30.2 Å². The second kappa shape index (κ2) is 10.7. The molecule has 0 saturated carbocycles. The summed E-state index contributed by atoms with van der Waals surface area (Å²) < 4.78 is 20.2. The third-order valence-electron chi connectivity index (χ3n) is 7.46. The second-order valence-electron chi connectivity index (χ2n) is 9.91. The van der Waals surface area contributed by atoms with E-state index >= 15 is 0 Å². The van der Waals surface area contributed by atoms with Gasteiger partial charge in [0.15, 0.2) is 0 Å². The van der Waals surface area contributed by atoms with Crippen molar-refractivity contribution in [3.05, 3.63) is 119 Å². The molecule has 0 amide bonds. The number of benzene rings is 3. The molecule has 0 aliphatic carbocycles. The minimum atomic E-state index is -0.648. The number of hydrogen-bond donors (Lipinski definition) is 1. The summed E-state index contributed by atoms with van der Waals surface area (Å²) >= 11 is 0. The largest absolute Gasteiger partial charge is 0.361 e. The van der Waals surface area contributed by atoms with E-state index in [-0.39, 0.29) is 5.82 Å². The Kier molecular flexibility index (Phi) is 7.23. The molecule has 5 rings (SSSR count). The molecule has 0 bridgehead atoms. The first-order valence-corrected chi connectivity index (χ1v) is 12.9. The quantitative estimate of drug-likeness (QED) is 0.248. The van der Waals surface area contributed by atoms with Crippen molar-refractivity contribution in [3.63, 3.8) is 0 Å². The highest BCUT2D eigenvalue weighted by Crippen LogP contribution is 2.45. The molecule has 1 aliphatic heterocycles. The zero-order chi connectivity index (χ0) is 25.8. The van der Waals surface area contributed by atoms with Crippen LogP contribution < -0.4 is 0 Å². The van der Waals surface area contributed by atoms with Crippen LogP contribution in [0.15, 0.2) is 79.5 Å². The number of fused-ring (bicyclic) bond motifs is 2. The highest BCUT2D eigenvalue weighted by Gasteiger charge is 2.41. The highest BCUT2D eigenvalue weighted by molar-refractivity contribution is 5.83. The number of aryl methyl sites for hydroxylation is 1. The van der Waals surface area contributed by atoms with Crippen molar-refractivity contribution in [2.24, 2.45) is 0 Å². The van der Waals surface area contributed by atoms with Gasteiger partial charge in [-0.1, -0.05) is 35.9 Å². The van der Waals surface area contributed by atoms with Crippen molar-refractivity contribution >= 4 is 10.9 Å². The van der Waals surface area contributed by atoms with Crippen LogP contribution in [0.2, 0.25) is 0 Å². The van der Waals surface area contributed by atoms with Crippen molar-refractivity contribution in [2.75, 3.05) is 19.6 Å². The van der Waals surface area contributed by atoms with E-state index in [9.17, 15) is 9.65 Å². The van der Waals surface area contributed by atoms with Gasteiger partial charge in [-0.2, -0.15) is 5.26 Å². The molecule has 188 valence electrons. The van der Waals surface area contributed by atoms with Gasteiger partial charge in [0.1, 0.15) is 11.4 Å². The number of nitrogens with one attached hydrogen (secondary N) is 1. The van der Waals surface area contributed by atoms with E-state index in [1.54, 1.807) is 0 Å². The molecule has 1 N–H and O–H groups in total. The maximum atomic E-state index is 13.8. The average molecular weight is 494 g/mol. The number of hydrogen-bond acceptors (Lipinski definition) is 3. The minimum Gasteiger partial charge on any atom is -0.361 e. The van der Waals surface area contributed by atoms with Crippen molar-refractivity contribution in [3.8, 4) is 6.07 Å². The van der Waals surface area contributed by atoms with Crippen molar-refractivity contribution in [1.82, 2.24) is 9.88 Å². The first-order valence-electron chi connectivity index (χ1n) is 12.9. The zero-order valence-corrected chi connectivity index (χ0v) is 21.3. The number of rotatable bonds is 10. The number of H-pyrrole nitrogens is 1. The maximum Gasteiger partial charge on any atom is 0.123 e. The van der Waals surface area contributed by atoms with E-state index in [0.29, 0.717) is 12.2 Å². The fraction of sp³-hybridized carbons (Fsp3) is 0.281. The number of aromatic nitrogens is 1. The van der Waals surface area contributed by atoms with Gasteiger partial charge in [0.25, 0.3) is 0 Å². The Morgan fingerprint density at radius 2 is 1.97 bits per heavy atom. The molecule has 5 heteroatoms. The molecule has 4 nitrogen and oxygen atoms in total. The molecule has 1 atom stereocenters. The Morgan fingerprint density at radius 1 is 1.14 bits per heavy atom. The molecule has 4 aromatic rings. The van der Waals surface area contributed by atoms with Crippen LogP contribution in [0.3, 0.4) is 0 Å². The van der Waals surface area contributed by atoms with Gasteiger partial charge in [-0.25, -0.2) is 4.39 Å². The molecule has 0 spiro atoms. The van der Waals surface area contributed by atoms with Crippen LogP contribution in [-0.4, -0.2) is 29.5 Å². The summed E-state index contributed by atoms with van der Waals surface area (Å²) in [5.74, 6) is -0.262. The lowest BCUT2D eigenvalue weighted by molar-refractivity contribution is -0.0144. The Morgan fingerprint density at radius 3 is 2.76 bits per heavy atom. The van der Waals surface area contributed by atoms with Gasteiger partial charge in [0.2, 0.25) is 0 Å². The Hall–Kier alpha value is -3.72. The number of ether oxygens (including phenoxy) is 1. The maximum absolute atomic E-state index is 13.8. The summed E-state index contributed by atoms with van der Waals surface area (Å²) in [4.78, 5) is 5.82. The first-order chi connectivity index (χ1) is 18.0. The van der Waals surface area contributed by atoms with Crippen LogP contribution in [0.5, 0.6) is 0 Å². The Balaban J connectivity index is 1.32. The van der Waals surface area contributed by atoms with E-state index in [1.165, 1.54) is 34.2 Å². The highest BCUT2D eigenvalue weighted by atomic mass is 19.1. The fourth-order valence-electron chi connectivity index (χ4n) is 5.57. The molecule has 0 radical (unpaired) electrons. The molecule has 3 aromatic carbocycles. The lowest BCUT2D eigenvalue weighted by atomic mass is 9.81. The van der Waals surface area contributed by atoms with Gasteiger partial charge in [0.05, 0.1) is 18.2 Å². The minimum absolute atomic E-state index is 0.262. The molecule has 1 aliphatic rings. The van der Waals surface area contributed by atoms with Crippen molar-refractivity contribution < 1.29 is 9.13 Å². The second-order valence-corrected chi connectivity index (χ2v) is 9.91. The SMILES string of the molecule is C=CCN(CCCC1(c2ccc(F)cc2)OCc2cc(C#N)ccc21)CCc1c[nH]c2ccc(C)cc12. The van der Waals surface area contributed by atoms with Crippen LogP contribution >= 0.6 is 0 Å². The number of nitriles is 1. The van der Waals surface area contributed by atoms with Gasteiger partial charge in [-0.05, 0) is 91.4 Å². The monoisotopic (exact) mass is 493 g/mol. The molecular formula is C32H32FN3O. The fourth-order valence-corrected chi connectivity index (χ4v) is 5.57. The lowest BCUT2D eigenvalue weighted by Crippen LogP contribution is -2.31. The normalized spacial score (nSPS) is 16.7. The average Bonchev–Trinajstić information content (AvgIpc) is 3.48. The van der Waals surface area contributed by atoms with Gasteiger partial charge < -0.3 is 9.72 Å². The summed E-state index contributed by atoms with van der Waals surface area (Å²) in [6.45, 7) is 9.18. The number of halogens is 1.